The first-order valence-electron chi connectivity index (χ1n) is 8.18. The summed E-state index contributed by atoms with van der Waals surface area (Å²) in [4.78, 5) is 22.1. The van der Waals surface area contributed by atoms with Gasteiger partial charge < -0.3 is 10.6 Å². The van der Waals surface area contributed by atoms with Gasteiger partial charge in [0, 0.05) is 25.2 Å². The second-order valence-electron chi connectivity index (χ2n) is 6.26. The second-order valence-corrected chi connectivity index (χ2v) is 6.26. The van der Waals surface area contributed by atoms with Crippen molar-refractivity contribution in [1.29, 1.82) is 0 Å². The summed E-state index contributed by atoms with van der Waals surface area (Å²) in [5.74, 6) is -1.05. The second kappa shape index (κ2) is 7.76. The van der Waals surface area contributed by atoms with E-state index in [0.717, 1.165) is 38.1 Å². The minimum absolute atomic E-state index is 0.0560. The zero-order valence-corrected chi connectivity index (χ0v) is 15.2. The molecule has 0 aromatic heterocycles. The Balaban J connectivity index is 2.69. The number of alkyl halides is 6. The molecule has 0 unspecified atom stereocenters. The number of hydrogen-bond donors (Lipinski definition) is 2. The zero-order chi connectivity index (χ0) is 22.0. The van der Waals surface area contributed by atoms with Crippen LogP contribution in [0.25, 0.3) is 0 Å². The van der Waals surface area contributed by atoms with Crippen molar-refractivity contribution < 1.29 is 35.9 Å². The Hall–Kier alpha value is -3.04. The van der Waals surface area contributed by atoms with Crippen molar-refractivity contribution in [2.24, 2.45) is 0 Å². The molecule has 4 nitrogen and oxygen atoms in total. The average molecular weight is 418 g/mol. The molecule has 156 valence electrons. The monoisotopic (exact) mass is 418 g/mol. The molecule has 0 radical (unpaired) electrons. The number of hydrogen-bond acceptors (Lipinski definition) is 2. The summed E-state index contributed by atoms with van der Waals surface area (Å²) in [5, 5.41) is 4.57. The van der Waals surface area contributed by atoms with E-state index in [1.807, 2.05) is 0 Å². The smallest absolute Gasteiger partial charge is 0.326 e. The maximum atomic E-state index is 14.0. The number of amides is 2. The summed E-state index contributed by atoms with van der Waals surface area (Å²) < 4.78 is 84.0. The summed E-state index contributed by atoms with van der Waals surface area (Å²) in [6.45, 7) is 2.31. The fourth-order valence-electron chi connectivity index (χ4n) is 3.00. The highest BCUT2D eigenvalue weighted by molar-refractivity contribution is 5.89. The molecule has 0 aliphatic heterocycles. The van der Waals surface area contributed by atoms with Gasteiger partial charge in [0.1, 0.15) is 0 Å². The van der Waals surface area contributed by atoms with Crippen molar-refractivity contribution in [2.45, 2.75) is 31.6 Å². The first kappa shape index (κ1) is 22.3. The van der Waals surface area contributed by atoms with Crippen LogP contribution in [0.4, 0.5) is 37.7 Å². The zero-order valence-electron chi connectivity index (χ0n) is 15.2. The summed E-state index contributed by atoms with van der Waals surface area (Å²) in [7, 11) is 0. The van der Waals surface area contributed by atoms with Crippen molar-refractivity contribution in [2.75, 3.05) is 10.6 Å². The third kappa shape index (κ3) is 4.36. The third-order valence-corrected chi connectivity index (χ3v) is 4.13. The van der Waals surface area contributed by atoms with Crippen LogP contribution in [-0.2, 0) is 15.0 Å². The lowest BCUT2D eigenvalue weighted by Crippen LogP contribution is -2.54. The predicted octanol–water partition coefficient (Wildman–Crippen LogP) is 5.01. The van der Waals surface area contributed by atoms with Gasteiger partial charge in [-0.05, 0) is 35.4 Å². The lowest BCUT2D eigenvalue weighted by Gasteiger charge is -2.38. The van der Waals surface area contributed by atoms with Crippen LogP contribution in [-0.4, -0.2) is 24.2 Å². The molecule has 0 fully saturated rings. The quantitative estimate of drug-likeness (QED) is 0.686. The Morgan fingerprint density at radius 3 is 1.10 bits per heavy atom. The Labute approximate surface area is 161 Å². The van der Waals surface area contributed by atoms with Gasteiger partial charge in [-0.15, -0.1) is 0 Å². The minimum Gasteiger partial charge on any atom is -0.326 e. The summed E-state index contributed by atoms with van der Waals surface area (Å²) in [6.07, 6.45) is -11.5. The normalized spacial score (nSPS) is 12.4. The van der Waals surface area contributed by atoms with Gasteiger partial charge in [0.2, 0.25) is 17.2 Å². The first-order valence-corrected chi connectivity index (χ1v) is 8.18. The molecule has 2 N–H and O–H groups in total. The fraction of sp³-hybridized carbons (Fsp3) is 0.263. The van der Waals surface area contributed by atoms with E-state index >= 15 is 0 Å². The van der Waals surface area contributed by atoms with Crippen LogP contribution in [0.3, 0.4) is 0 Å². The van der Waals surface area contributed by atoms with Crippen LogP contribution in [0.15, 0.2) is 48.5 Å². The van der Waals surface area contributed by atoms with E-state index in [1.54, 1.807) is 0 Å². The Morgan fingerprint density at radius 2 is 0.897 bits per heavy atom. The van der Waals surface area contributed by atoms with Crippen molar-refractivity contribution >= 4 is 23.2 Å². The van der Waals surface area contributed by atoms with E-state index in [-0.39, 0.29) is 11.4 Å². The van der Waals surface area contributed by atoms with Crippen molar-refractivity contribution in [3.05, 3.63) is 59.7 Å². The molecule has 0 saturated carbocycles. The Bertz CT molecular complexity index is 811. The number of anilines is 2. The van der Waals surface area contributed by atoms with Gasteiger partial charge >= 0.3 is 12.4 Å². The highest BCUT2D eigenvalue weighted by atomic mass is 19.4. The average Bonchev–Trinajstić information content (AvgIpc) is 2.55. The van der Waals surface area contributed by atoms with E-state index in [0.29, 0.717) is 24.3 Å². The summed E-state index contributed by atoms with van der Waals surface area (Å²) in [5.41, 5.74) is -6.30. The van der Waals surface area contributed by atoms with Gasteiger partial charge in [0.25, 0.3) is 0 Å². The van der Waals surface area contributed by atoms with E-state index < -0.39 is 40.7 Å². The molecule has 0 aliphatic carbocycles. The molecular formula is C19H16F6N2O2. The number of halogens is 6. The van der Waals surface area contributed by atoms with Crippen molar-refractivity contribution in [3.8, 4) is 0 Å². The van der Waals surface area contributed by atoms with Gasteiger partial charge in [-0.1, -0.05) is 24.3 Å². The third-order valence-electron chi connectivity index (χ3n) is 4.13. The Kier molecular flexibility index (Phi) is 5.96. The first-order chi connectivity index (χ1) is 13.3. The molecule has 29 heavy (non-hydrogen) atoms. The van der Waals surface area contributed by atoms with E-state index in [4.69, 9.17) is 0 Å². The van der Waals surface area contributed by atoms with Crippen LogP contribution < -0.4 is 10.6 Å². The molecule has 10 heteroatoms. The Morgan fingerprint density at radius 1 is 0.621 bits per heavy atom. The molecular weight excluding hydrogens is 402 g/mol. The van der Waals surface area contributed by atoms with E-state index in [2.05, 4.69) is 10.6 Å². The number of carbonyl (C=O) groups is 2. The standard InChI is InChI=1S/C19H16F6N2O2/c1-11(28)26-15-7-3-13(4-8-15)17(18(20,21)22,19(23,24)25)14-5-9-16(10-6-14)27-12(2)29/h3-10H,1-2H3,(H,26,28)(H,27,29). The van der Waals surface area contributed by atoms with Gasteiger partial charge in [0.05, 0.1) is 0 Å². The highest BCUT2D eigenvalue weighted by Crippen LogP contribution is 2.56. The molecule has 0 spiro atoms. The summed E-state index contributed by atoms with van der Waals surface area (Å²) in [6, 6.07) is 6.57. The predicted molar refractivity (Wildman–Crippen MR) is 94.4 cm³/mol. The van der Waals surface area contributed by atoms with Gasteiger partial charge in [-0.25, -0.2) is 0 Å². The topological polar surface area (TPSA) is 58.2 Å². The van der Waals surface area contributed by atoms with Crippen LogP contribution >= 0.6 is 0 Å². The number of carbonyl (C=O) groups excluding carboxylic acids is 2. The van der Waals surface area contributed by atoms with Crippen molar-refractivity contribution in [1.82, 2.24) is 0 Å². The number of nitrogens with one attached hydrogen (secondary N) is 2. The van der Waals surface area contributed by atoms with Crippen LogP contribution in [0.5, 0.6) is 0 Å². The van der Waals surface area contributed by atoms with Gasteiger partial charge in [-0.3, -0.25) is 9.59 Å². The lowest BCUT2D eigenvalue weighted by atomic mass is 9.73. The number of benzene rings is 2. The minimum atomic E-state index is -5.73. The molecule has 0 heterocycles. The summed E-state index contributed by atoms with van der Waals surface area (Å²) >= 11 is 0. The lowest BCUT2D eigenvalue weighted by molar-refractivity contribution is -0.288. The van der Waals surface area contributed by atoms with Crippen LogP contribution in [0.1, 0.15) is 25.0 Å². The van der Waals surface area contributed by atoms with Crippen molar-refractivity contribution in [3.63, 3.8) is 0 Å². The maximum Gasteiger partial charge on any atom is 0.411 e. The molecule has 0 atom stereocenters. The molecule has 0 aliphatic rings. The van der Waals surface area contributed by atoms with E-state index in [1.165, 1.54) is 0 Å². The number of rotatable bonds is 4. The van der Waals surface area contributed by atoms with E-state index in [9.17, 15) is 35.9 Å². The van der Waals surface area contributed by atoms with Gasteiger partial charge in [0.15, 0.2) is 0 Å². The van der Waals surface area contributed by atoms with Crippen LogP contribution in [0, 0.1) is 0 Å². The van der Waals surface area contributed by atoms with Crippen LogP contribution in [0.2, 0.25) is 0 Å². The SMILES string of the molecule is CC(=O)Nc1ccc(C(c2ccc(NC(C)=O)cc2)(C(F)(F)F)C(F)(F)F)cc1. The molecule has 2 rings (SSSR count). The molecule has 2 amide bonds. The fourth-order valence-corrected chi connectivity index (χ4v) is 3.00. The molecule has 0 bridgehead atoms. The maximum absolute atomic E-state index is 14.0. The van der Waals surface area contributed by atoms with Gasteiger partial charge in [-0.2, -0.15) is 26.3 Å². The largest absolute Gasteiger partial charge is 0.411 e. The molecule has 2 aromatic carbocycles. The molecule has 0 saturated heterocycles. The highest BCUT2D eigenvalue weighted by Gasteiger charge is 2.72. The molecule has 2 aromatic rings.